The smallest absolute Gasteiger partial charge is 0 e. The predicted octanol–water partition coefficient (Wildman–Crippen LogP) is 1.82. The van der Waals surface area contributed by atoms with Gasteiger partial charge in [-0.2, -0.15) is 0 Å². The molecule has 0 heterocycles. The molecule has 0 radical (unpaired) electrons. The fraction of sp³-hybridized carbons (Fsp3) is 0. The van der Waals surface area contributed by atoms with E-state index in [0.717, 1.165) is 0 Å². The summed E-state index contributed by atoms with van der Waals surface area (Å²) in [4.78, 5) is 61.0. The van der Waals surface area contributed by atoms with Crippen LogP contribution in [-0.4, -0.2) is 29.4 Å². The quantitative estimate of drug-likeness (QED) is 0.146. The molecule has 4 aromatic carbocycles. The summed E-state index contributed by atoms with van der Waals surface area (Å²) in [6.07, 6.45) is 0. The van der Waals surface area contributed by atoms with Crippen molar-refractivity contribution in [2.24, 2.45) is 0 Å². The Morgan fingerprint density at radius 1 is 0.286 bits per heavy atom. The van der Waals surface area contributed by atoms with E-state index in [0.29, 0.717) is 0 Å². The zero-order chi connectivity index (χ0) is 23.3. The van der Waals surface area contributed by atoms with E-state index in [1.807, 2.05) is 0 Å². The number of benzene rings is 4. The molecule has 0 saturated carbocycles. The summed E-state index contributed by atoms with van der Waals surface area (Å²) in [5, 5.41) is 0.554. The van der Waals surface area contributed by atoms with Crippen LogP contribution in [0.5, 0.6) is 0 Å². The maximum atomic E-state index is 10.2. The first-order valence-corrected chi connectivity index (χ1v) is 13.9. The normalized spacial score (nSPS) is 12.9. The zero-order valence-electron chi connectivity index (χ0n) is 19.2. The fourth-order valence-corrected chi connectivity index (χ4v) is 6.59. The van der Waals surface area contributed by atoms with Crippen LogP contribution in [0.4, 0.5) is 0 Å². The molecule has 6 nitrogen and oxygen atoms in total. The minimum absolute atomic E-state index is 0. The first-order valence-electron chi connectivity index (χ1n) is 9.74. The fourth-order valence-electron chi connectivity index (χ4n) is 3.11. The van der Waals surface area contributed by atoms with Gasteiger partial charge in [0, 0.05) is 58.4 Å². The van der Waals surface area contributed by atoms with Crippen molar-refractivity contribution in [3.8, 4) is 0 Å². The van der Waals surface area contributed by atoms with Crippen LogP contribution in [0.2, 0.25) is 0 Å². The van der Waals surface area contributed by atoms with Gasteiger partial charge in [0.1, 0.15) is 0 Å². The monoisotopic (exact) mass is 664 g/mol. The average molecular weight is 669 g/mol. The van der Waals surface area contributed by atoms with E-state index in [1.165, 1.54) is 48.5 Å². The van der Waals surface area contributed by atoms with E-state index in [4.69, 9.17) is 0 Å². The van der Waals surface area contributed by atoms with Gasteiger partial charge in [0.25, 0.3) is 0 Å². The van der Waals surface area contributed by atoms with Gasteiger partial charge in [-0.05, 0) is 0 Å². The molecule has 11 heteroatoms. The molecular formula is C24H26O6P2Zn3. The molecule has 0 unspecified atom stereocenters. The van der Waals surface area contributed by atoms with Crippen molar-refractivity contribution in [3.63, 3.8) is 0 Å². The van der Waals surface area contributed by atoms with E-state index >= 15 is 0 Å². The standard InChI is InChI=1S/2C12H13O3P.3Zn/c2*13-16(14,15,11-7-3-1-4-8-11)12-9-5-2-6-10-12;;;/h2*1-10,13-15H;;;. The summed E-state index contributed by atoms with van der Waals surface area (Å²) in [6, 6.07) is 32.3. The topological polar surface area (TPSA) is 121 Å². The van der Waals surface area contributed by atoms with Crippen molar-refractivity contribution in [1.82, 2.24) is 0 Å². The molecule has 174 valence electrons. The molecule has 0 atom stereocenters. The SMILES string of the molecule is OP(O)(O)(c1ccccc1)c1ccccc1.OP(O)(O)(c1ccccc1)c1ccccc1.[Zn].[Zn].[Zn]. The summed E-state index contributed by atoms with van der Waals surface area (Å²) in [5.74, 6) is 0. The summed E-state index contributed by atoms with van der Waals surface area (Å²) in [7, 11) is -9.87. The third kappa shape index (κ3) is 8.18. The summed E-state index contributed by atoms with van der Waals surface area (Å²) in [6.45, 7) is 0. The first-order chi connectivity index (χ1) is 15.0. The molecule has 0 aliphatic heterocycles. The van der Waals surface area contributed by atoms with E-state index in [-0.39, 0.29) is 79.7 Å². The van der Waals surface area contributed by atoms with Crippen molar-refractivity contribution in [2.75, 3.05) is 0 Å². The second kappa shape index (κ2) is 13.3. The first kappa shape index (κ1) is 34.4. The van der Waals surface area contributed by atoms with Gasteiger partial charge in [0.15, 0.2) is 0 Å². The molecular weight excluding hydrogens is 642 g/mol. The van der Waals surface area contributed by atoms with Crippen LogP contribution in [0.25, 0.3) is 0 Å². The number of hydrogen-bond acceptors (Lipinski definition) is 6. The van der Waals surface area contributed by atoms with Crippen LogP contribution in [0, 0.1) is 0 Å². The maximum absolute atomic E-state index is 10.2. The van der Waals surface area contributed by atoms with Gasteiger partial charge >= 0.3 is 186 Å². The Morgan fingerprint density at radius 3 is 0.571 bits per heavy atom. The predicted molar refractivity (Wildman–Crippen MR) is 131 cm³/mol. The van der Waals surface area contributed by atoms with E-state index in [1.54, 1.807) is 72.8 Å². The largest absolute Gasteiger partial charge is 0 e. The summed E-state index contributed by atoms with van der Waals surface area (Å²) >= 11 is 0. The van der Waals surface area contributed by atoms with Gasteiger partial charge in [-0.25, -0.2) is 0 Å². The van der Waals surface area contributed by atoms with Gasteiger partial charge in [0.05, 0.1) is 0 Å². The van der Waals surface area contributed by atoms with Crippen molar-refractivity contribution in [1.29, 1.82) is 0 Å². The number of hydrogen-bond donors (Lipinski definition) is 6. The van der Waals surface area contributed by atoms with Crippen molar-refractivity contribution >= 4 is 35.8 Å². The summed E-state index contributed by atoms with van der Waals surface area (Å²) in [5.41, 5.74) is 0. The Hall–Kier alpha value is -0.630. The second-order valence-corrected chi connectivity index (χ2v) is 13.3. The Labute approximate surface area is 243 Å². The average Bonchev–Trinajstić information content (AvgIpc) is 2.81. The van der Waals surface area contributed by atoms with Crippen molar-refractivity contribution in [2.45, 2.75) is 0 Å². The molecule has 6 N–H and O–H groups in total. The maximum Gasteiger partial charge on any atom is 0 e. The molecule has 0 aromatic heterocycles. The molecule has 4 aromatic rings. The van der Waals surface area contributed by atoms with Crippen molar-refractivity contribution in [3.05, 3.63) is 121 Å². The number of rotatable bonds is 4. The molecule has 4 rings (SSSR count). The van der Waals surface area contributed by atoms with E-state index < -0.39 is 14.6 Å². The molecule has 35 heavy (non-hydrogen) atoms. The van der Waals surface area contributed by atoms with Gasteiger partial charge < -0.3 is 0 Å². The minimum atomic E-state index is -4.93. The van der Waals surface area contributed by atoms with Gasteiger partial charge in [-0.1, -0.05) is 0 Å². The molecule has 0 bridgehead atoms. The third-order valence-corrected chi connectivity index (χ3v) is 9.92. The minimum Gasteiger partial charge on any atom is 0 e. The Kier molecular flexibility index (Phi) is 13.0. The molecule has 0 fully saturated rings. The van der Waals surface area contributed by atoms with Gasteiger partial charge in [0.2, 0.25) is 0 Å². The third-order valence-electron chi connectivity index (χ3n) is 4.93. The van der Waals surface area contributed by atoms with Crippen LogP contribution in [0.3, 0.4) is 0 Å². The molecule has 0 aliphatic carbocycles. The van der Waals surface area contributed by atoms with Crippen molar-refractivity contribution < 1.29 is 87.8 Å². The van der Waals surface area contributed by atoms with Crippen LogP contribution in [0.15, 0.2) is 121 Å². The van der Waals surface area contributed by atoms with Crippen LogP contribution in [-0.2, 0) is 58.4 Å². The molecule has 0 saturated heterocycles. The molecule has 0 amide bonds. The van der Waals surface area contributed by atoms with E-state index in [2.05, 4.69) is 0 Å². The Bertz CT molecular complexity index is 971. The Balaban J connectivity index is 0.000000608. The summed E-state index contributed by atoms with van der Waals surface area (Å²) < 4.78 is 0. The molecule has 0 aliphatic rings. The van der Waals surface area contributed by atoms with Gasteiger partial charge in [-0.3, -0.25) is 0 Å². The Morgan fingerprint density at radius 2 is 0.429 bits per heavy atom. The zero-order valence-corrected chi connectivity index (χ0v) is 29.9. The van der Waals surface area contributed by atoms with Crippen LogP contribution < -0.4 is 21.2 Å². The van der Waals surface area contributed by atoms with E-state index in [9.17, 15) is 29.4 Å². The van der Waals surface area contributed by atoms with Crippen LogP contribution >= 0.6 is 14.6 Å². The second-order valence-electron chi connectivity index (χ2n) is 7.30. The molecule has 0 spiro atoms. The van der Waals surface area contributed by atoms with Gasteiger partial charge in [-0.15, -0.1) is 0 Å². The van der Waals surface area contributed by atoms with Crippen LogP contribution in [0.1, 0.15) is 0 Å².